The quantitative estimate of drug-likeness (QED) is 0.565. The molecule has 0 amide bonds. The van der Waals surface area contributed by atoms with Crippen LogP contribution in [-0.4, -0.2) is 31.1 Å². The summed E-state index contributed by atoms with van der Waals surface area (Å²) >= 11 is 0. The highest BCUT2D eigenvalue weighted by atomic mass is 19.1. The van der Waals surface area contributed by atoms with Crippen LogP contribution in [0.2, 0.25) is 0 Å². The van der Waals surface area contributed by atoms with Gasteiger partial charge in [-0.2, -0.15) is 9.61 Å². The summed E-state index contributed by atoms with van der Waals surface area (Å²) in [6.45, 7) is 2.83. The molecule has 2 N–H and O–H groups in total. The summed E-state index contributed by atoms with van der Waals surface area (Å²) in [5.41, 5.74) is 3.39. The molecule has 0 unspecified atom stereocenters. The first-order valence-electron chi connectivity index (χ1n) is 8.44. The number of nitrogens with zero attached hydrogens (tertiary/aromatic N) is 4. The van der Waals surface area contributed by atoms with Gasteiger partial charge in [0.2, 0.25) is 0 Å². The Morgan fingerprint density at radius 3 is 2.96 bits per heavy atom. The zero-order valence-electron chi connectivity index (χ0n) is 14.0. The SMILES string of the molecule is CCCc1cc(NCCc2nc3ccc(F)cc3[nH]2)n2nccc2n1. The Morgan fingerprint density at radius 1 is 1.16 bits per heavy atom. The lowest BCUT2D eigenvalue weighted by Gasteiger charge is -2.09. The molecule has 0 bridgehead atoms. The van der Waals surface area contributed by atoms with Crippen LogP contribution in [0.25, 0.3) is 16.7 Å². The fourth-order valence-corrected chi connectivity index (χ4v) is 2.94. The number of anilines is 1. The standard InChI is InChI=1S/C18H19FN6/c1-2-3-13-11-18(25-17(22-13)7-9-21-25)20-8-6-16-23-14-5-4-12(19)10-15(14)24-16/h4-5,7,9-11,20H,2-3,6,8H2,1H3,(H,23,24). The molecule has 3 aromatic heterocycles. The van der Waals surface area contributed by atoms with Gasteiger partial charge >= 0.3 is 0 Å². The minimum Gasteiger partial charge on any atom is -0.369 e. The van der Waals surface area contributed by atoms with Crippen LogP contribution in [0.5, 0.6) is 0 Å². The molecule has 3 heterocycles. The molecule has 0 aliphatic carbocycles. The van der Waals surface area contributed by atoms with E-state index in [-0.39, 0.29) is 5.82 Å². The summed E-state index contributed by atoms with van der Waals surface area (Å²) in [6, 6.07) is 8.51. The predicted octanol–water partition coefficient (Wildman–Crippen LogP) is 3.35. The first-order valence-corrected chi connectivity index (χ1v) is 8.44. The number of imidazole rings is 1. The fraction of sp³-hybridized carbons (Fsp3) is 0.278. The minimum atomic E-state index is -0.262. The molecule has 0 spiro atoms. The predicted molar refractivity (Wildman–Crippen MR) is 95.2 cm³/mol. The van der Waals surface area contributed by atoms with Gasteiger partial charge in [-0.25, -0.2) is 14.4 Å². The van der Waals surface area contributed by atoms with Crippen molar-refractivity contribution in [2.24, 2.45) is 0 Å². The Hall–Kier alpha value is -2.96. The Bertz CT molecular complexity index is 1020. The zero-order chi connectivity index (χ0) is 17.2. The molecule has 4 aromatic rings. The van der Waals surface area contributed by atoms with Gasteiger partial charge in [0, 0.05) is 30.8 Å². The van der Waals surface area contributed by atoms with Crippen LogP contribution in [0.15, 0.2) is 36.5 Å². The van der Waals surface area contributed by atoms with Gasteiger partial charge in [0.15, 0.2) is 5.65 Å². The van der Waals surface area contributed by atoms with Gasteiger partial charge in [0.1, 0.15) is 17.5 Å². The van der Waals surface area contributed by atoms with Gasteiger partial charge in [-0.05, 0) is 24.6 Å². The topological polar surface area (TPSA) is 70.9 Å². The summed E-state index contributed by atoms with van der Waals surface area (Å²) < 4.78 is 15.1. The fourth-order valence-electron chi connectivity index (χ4n) is 2.94. The highest BCUT2D eigenvalue weighted by Crippen LogP contribution is 2.15. The van der Waals surface area contributed by atoms with E-state index in [1.165, 1.54) is 12.1 Å². The van der Waals surface area contributed by atoms with Crippen LogP contribution >= 0.6 is 0 Å². The van der Waals surface area contributed by atoms with E-state index in [1.54, 1.807) is 16.8 Å². The van der Waals surface area contributed by atoms with Gasteiger partial charge in [-0.15, -0.1) is 0 Å². The Kier molecular flexibility index (Phi) is 4.05. The van der Waals surface area contributed by atoms with E-state index in [0.29, 0.717) is 13.0 Å². The number of benzene rings is 1. The highest BCUT2D eigenvalue weighted by molar-refractivity contribution is 5.74. The number of H-pyrrole nitrogens is 1. The summed E-state index contributed by atoms with van der Waals surface area (Å²) in [7, 11) is 0. The molecular weight excluding hydrogens is 319 g/mol. The second-order valence-corrected chi connectivity index (χ2v) is 6.01. The summed E-state index contributed by atoms with van der Waals surface area (Å²) in [6.07, 6.45) is 4.43. The van der Waals surface area contributed by atoms with Crippen molar-refractivity contribution in [1.82, 2.24) is 24.6 Å². The molecule has 0 saturated carbocycles. The Balaban J connectivity index is 1.50. The van der Waals surface area contributed by atoms with Crippen molar-refractivity contribution in [3.8, 4) is 0 Å². The Morgan fingerprint density at radius 2 is 2.08 bits per heavy atom. The number of halogens is 1. The zero-order valence-corrected chi connectivity index (χ0v) is 14.0. The summed E-state index contributed by atoms with van der Waals surface area (Å²) in [5.74, 6) is 1.48. The molecule has 7 heteroatoms. The normalized spacial score (nSPS) is 11.4. The molecule has 4 rings (SSSR count). The number of aromatic nitrogens is 5. The molecule has 0 saturated heterocycles. The number of rotatable bonds is 6. The van der Waals surface area contributed by atoms with Crippen molar-refractivity contribution in [3.63, 3.8) is 0 Å². The van der Waals surface area contributed by atoms with Crippen LogP contribution in [0.4, 0.5) is 10.2 Å². The van der Waals surface area contributed by atoms with Crippen LogP contribution in [-0.2, 0) is 12.8 Å². The molecular formula is C18H19FN6. The van der Waals surface area contributed by atoms with Gasteiger partial charge in [0.05, 0.1) is 17.2 Å². The van der Waals surface area contributed by atoms with Gasteiger partial charge in [-0.1, -0.05) is 13.3 Å². The van der Waals surface area contributed by atoms with E-state index in [0.717, 1.165) is 46.9 Å². The third-order valence-corrected chi connectivity index (χ3v) is 4.08. The first-order chi connectivity index (χ1) is 12.2. The van der Waals surface area contributed by atoms with E-state index in [2.05, 4.69) is 32.3 Å². The molecule has 0 aliphatic rings. The highest BCUT2D eigenvalue weighted by Gasteiger charge is 2.07. The second-order valence-electron chi connectivity index (χ2n) is 6.01. The lowest BCUT2D eigenvalue weighted by atomic mass is 10.2. The number of aryl methyl sites for hydroxylation is 1. The van der Waals surface area contributed by atoms with Gasteiger partial charge in [-0.3, -0.25) is 0 Å². The average Bonchev–Trinajstić information content (AvgIpc) is 3.21. The maximum absolute atomic E-state index is 13.3. The van der Waals surface area contributed by atoms with Crippen molar-refractivity contribution >= 4 is 22.5 Å². The first kappa shape index (κ1) is 15.6. The van der Waals surface area contributed by atoms with Crippen molar-refractivity contribution in [3.05, 3.63) is 53.9 Å². The lowest BCUT2D eigenvalue weighted by molar-refractivity contribution is 0.629. The van der Waals surface area contributed by atoms with Crippen LogP contribution in [0.3, 0.4) is 0 Å². The van der Waals surface area contributed by atoms with Crippen molar-refractivity contribution in [2.45, 2.75) is 26.2 Å². The molecule has 6 nitrogen and oxygen atoms in total. The Labute approximate surface area is 144 Å². The maximum Gasteiger partial charge on any atom is 0.157 e. The second kappa shape index (κ2) is 6.51. The number of nitrogens with one attached hydrogen (secondary N) is 2. The minimum absolute atomic E-state index is 0.262. The molecule has 0 aliphatic heterocycles. The molecule has 0 atom stereocenters. The molecule has 25 heavy (non-hydrogen) atoms. The van der Waals surface area contributed by atoms with E-state index in [4.69, 9.17) is 0 Å². The van der Waals surface area contributed by atoms with E-state index in [9.17, 15) is 4.39 Å². The summed E-state index contributed by atoms with van der Waals surface area (Å²) in [5, 5.41) is 7.72. The van der Waals surface area contributed by atoms with Crippen molar-refractivity contribution in [2.75, 3.05) is 11.9 Å². The van der Waals surface area contributed by atoms with Gasteiger partial charge in [0.25, 0.3) is 0 Å². The summed E-state index contributed by atoms with van der Waals surface area (Å²) in [4.78, 5) is 12.2. The third-order valence-electron chi connectivity index (χ3n) is 4.08. The van der Waals surface area contributed by atoms with Gasteiger partial charge < -0.3 is 10.3 Å². The smallest absolute Gasteiger partial charge is 0.157 e. The molecule has 0 fully saturated rings. The third kappa shape index (κ3) is 3.17. The van der Waals surface area contributed by atoms with Crippen molar-refractivity contribution in [1.29, 1.82) is 0 Å². The maximum atomic E-state index is 13.3. The molecule has 0 radical (unpaired) electrons. The number of fused-ring (bicyclic) bond motifs is 2. The van der Waals surface area contributed by atoms with E-state index < -0.39 is 0 Å². The number of hydrogen-bond acceptors (Lipinski definition) is 4. The van der Waals surface area contributed by atoms with E-state index in [1.807, 2.05) is 12.1 Å². The number of hydrogen-bond donors (Lipinski definition) is 2. The monoisotopic (exact) mass is 338 g/mol. The van der Waals surface area contributed by atoms with Crippen LogP contribution in [0.1, 0.15) is 24.9 Å². The largest absolute Gasteiger partial charge is 0.369 e. The average molecular weight is 338 g/mol. The van der Waals surface area contributed by atoms with E-state index >= 15 is 0 Å². The molecule has 128 valence electrons. The van der Waals surface area contributed by atoms with Crippen molar-refractivity contribution < 1.29 is 4.39 Å². The lowest BCUT2D eigenvalue weighted by Crippen LogP contribution is -2.11. The number of aromatic amines is 1. The molecule has 1 aromatic carbocycles. The van der Waals surface area contributed by atoms with Crippen LogP contribution < -0.4 is 5.32 Å². The van der Waals surface area contributed by atoms with Crippen LogP contribution in [0, 0.1) is 5.82 Å².